The molecule has 1 aromatic heterocycles. The molecule has 0 saturated carbocycles. The summed E-state index contributed by atoms with van der Waals surface area (Å²) in [4.78, 5) is 30.3. The lowest BCUT2D eigenvalue weighted by Gasteiger charge is -2.26. The number of benzene rings is 1. The summed E-state index contributed by atoms with van der Waals surface area (Å²) in [6.07, 6.45) is 2.30. The van der Waals surface area contributed by atoms with Gasteiger partial charge in [0.15, 0.2) is 5.13 Å². The maximum absolute atomic E-state index is 12.9. The predicted molar refractivity (Wildman–Crippen MR) is 93.6 cm³/mol. The quantitative estimate of drug-likeness (QED) is 0.838. The molecule has 6 nitrogen and oxygen atoms in total. The number of hydrogen-bond donors (Lipinski definition) is 2. The molecule has 0 aliphatic carbocycles. The Balaban J connectivity index is 1.76. The summed E-state index contributed by atoms with van der Waals surface area (Å²) in [5.74, 6) is -0.527. The molecule has 2 aromatic rings. The van der Waals surface area contributed by atoms with E-state index in [-0.39, 0.29) is 18.4 Å². The highest BCUT2D eigenvalue weighted by Crippen LogP contribution is 2.27. The van der Waals surface area contributed by atoms with E-state index in [1.807, 2.05) is 30.3 Å². The van der Waals surface area contributed by atoms with Crippen LogP contribution < -0.4 is 11.1 Å². The zero-order valence-electron chi connectivity index (χ0n) is 13.3. The van der Waals surface area contributed by atoms with E-state index in [1.165, 1.54) is 11.3 Å². The lowest BCUT2D eigenvalue weighted by molar-refractivity contribution is -0.121. The van der Waals surface area contributed by atoms with Crippen LogP contribution in [0.5, 0.6) is 0 Å². The minimum Gasteiger partial charge on any atom is -0.369 e. The number of nitrogens with two attached hydrogens (primary N) is 1. The number of nitrogens with zero attached hydrogens (tertiary/aromatic N) is 2. The van der Waals surface area contributed by atoms with Crippen molar-refractivity contribution in [2.75, 3.05) is 18.4 Å². The molecule has 2 heterocycles. The Morgan fingerprint density at radius 3 is 2.62 bits per heavy atom. The first-order chi connectivity index (χ1) is 11.6. The molecule has 0 radical (unpaired) electrons. The van der Waals surface area contributed by atoms with E-state index in [4.69, 9.17) is 5.73 Å². The minimum atomic E-state index is -0.433. The first-order valence-corrected chi connectivity index (χ1v) is 8.84. The number of primary amides is 1. The Morgan fingerprint density at radius 2 is 1.96 bits per heavy atom. The number of carbonyl (C=O) groups excluding carboxylic acids is 2. The highest BCUT2D eigenvalue weighted by atomic mass is 32.1. The molecule has 0 spiro atoms. The van der Waals surface area contributed by atoms with Crippen LogP contribution in [0.2, 0.25) is 0 Å². The van der Waals surface area contributed by atoms with E-state index in [1.54, 1.807) is 5.38 Å². The van der Waals surface area contributed by atoms with Gasteiger partial charge in [0.1, 0.15) is 6.04 Å². The molecule has 1 aliphatic rings. The Labute approximate surface area is 144 Å². The van der Waals surface area contributed by atoms with Crippen molar-refractivity contribution in [3.63, 3.8) is 0 Å². The van der Waals surface area contributed by atoms with Crippen molar-refractivity contribution in [3.8, 4) is 0 Å². The first-order valence-electron chi connectivity index (χ1n) is 7.96. The average Bonchev–Trinajstić information content (AvgIpc) is 3.21. The van der Waals surface area contributed by atoms with Crippen molar-refractivity contribution in [2.24, 2.45) is 5.73 Å². The summed E-state index contributed by atoms with van der Waals surface area (Å²) < 4.78 is 0. The van der Waals surface area contributed by atoms with E-state index in [0.29, 0.717) is 10.8 Å². The molecule has 7 heteroatoms. The Hall–Kier alpha value is -2.25. The van der Waals surface area contributed by atoms with Crippen LogP contribution in [-0.2, 0) is 16.0 Å². The van der Waals surface area contributed by atoms with Crippen molar-refractivity contribution in [1.29, 1.82) is 0 Å². The van der Waals surface area contributed by atoms with Gasteiger partial charge in [0.25, 0.3) is 0 Å². The number of nitrogens with one attached hydrogen (secondary N) is 1. The van der Waals surface area contributed by atoms with Gasteiger partial charge in [0, 0.05) is 5.38 Å². The molecule has 126 valence electrons. The standard InChI is InChI=1S/C17H20N4O2S/c18-14(22)10-13-11-24-17(19-13)20-16(23)15(21-8-4-5-9-21)12-6-2-1-3-7-12/h1-3,6-7,11,15H,4-5,8-10H2,(H2,18,22)(H,19,20,23). The molecule has 1 aliphatic heterocycles. The maximum Gasteiger partial charge on any atom is 0.248 e. The van der Waals surface area contributed by atoms with E-state index >= 15 is 0 Å². The molecule has 24 heavy (non-hydrogen) atoms. The lowest BCUT2D eigenvalue weighted by atomic mass is 10.1. The zero-order chi connectivity index (χ0) is 16.9. The summed E-state index contributed by atoms with van der Waals surface area (Å²) in [5.41, 5.74) is 6.73. The van der Waals surface area contributed by atoms with Crippen molar-refractivity contribution >= 4 is 28.3 Å². The van der Waals surface area contributed by atoms with Crippen molar-refractivity contribution in [1.82, 2.24) is 9.88 Å². The minimum absolute atomic E-state index is 0.0839. The number of carbonyl (C=O) groups is 2. The summed E-state index contributed by atoms with van der Waals surface area (Å²) >= 11 is 1.31. The average molecular weight is 344 g/mol. The molecule has 1 fully saturated rings. The third kappa shape index (κ3) is 3.98. The fourth-order valence-electron chi connectivity index (χ4n) is 2.96. The zero-order valence-corrected chi connectivity index (χ0v) is 14.1. The summed E-state index contributed by atoms with van der Waals surface area (Å²) in [7, 11) is 0. The SMILES string of the molecule is NC(=O)Cc1csc(NC(=O)C(c2ccccc2)N2CCCC2)n1. The molecule has 0 bridgehead atoms. The second-order valence-corrected chi connectivity index (χ2v) is 6.69. The largest absolute Gasteiger partial charge is 0.369 e. The number of amides is 2. The number of thiazole rings is 1. The van der Waals surface area contributed by atoms with Crippen LogP contribution in [0.1, 0.15) is 30.1 Å². The van der Waals surface area contributed by atoms with Crippen LogP contribution in [0.25, 0.3) is 0 Å². The van der Waals surface area contributed by atoms with Gasteiger partial charge in [-0.05, 0) is 31.5 Å². The van der Waals surface area contributed by atoms with Gasteiger partial charge < -0.3 is 11.1 Å². The highest BCUT2D eigenvalue weighted by Gasteiger charge is 2.30. The van der Waals surface area contributed by atoms with Crippen LogP contribution in [0.15, 0.2) is 35.7 Å². The van der Waals surface area contributed by atoms with Crippen molar-refractivity contribution < 1.29 is 9.59 Å². The molecule has 2 amide bonds. The van der Waals surface area contributed by atoms with Gasteiger partial charge in [0.05, 0.1) is 12.1 Å². The number of rotatable bonds is 6. The molecular formula is C17H20N4O2S. The van der Waals surface area contributed by atoms with E-state index < -0.39 is 5.91 Å². The van der Waals surface area contributed by atoms with Gasteiger partial charge >= 0.3 is 0 Å². The first kappa shape index (κ1) is 16.6. The third-order valence-corrected chi connectivity index (χ3v) is 4.81. The monoisotopic (exact) mass is 344 g/mol. The topological polar surface area (TPSA) is 88.3 Å². The Bertz CT molecular complexity index is 710. The van der Waals surface area contributed by atoms with Crippen LogP contribution in [0.3, 0.4) is 0 Å². The third-order valence-electron chi connectivity index (χ3n) is 4.01. The molecule has 3 rings (SSSR count). The van der Waals surface area contributed by atoms with Crippen molar-refractivity contribution in [3.05, 3.63) is 47.0 Å². The molecule has 1 atom stereocenters. The predicted octanol–water partition coefficient (Wildman–Crippen LogP) is 1.95. The summed E-state index contributed by atoms with van der Waals surface area (Å²) in [6.45, 7) is 1.83. The van der Waals surface area contributed by atoms with E-state index in [0.717, 1.165) is 31.5 Å². The second kappa shape index (κ2) is 7.55. The Morgan fingerprint density at radius 1 is 1.25 bits per heavy atom. The molecular weight excluding hydrogens is 324 g/mol. The molecule has 3 N–H and O–H groups in total. The molecule has 1 unspecified atom stereocenters. The highest BCUT2D eigenvalue weighted by molar-refractivity contribution is 7.13. The number of likely N-dealkylation sites (tertiary alicyclic amines) is 1. The maximum atomic E-state index is 12.9. The normalized spacial score (nSPS) is 16.0. The van der Waals surface area contributed by atoms with Crippen molar-refractivity contribution in [2.45, 2.75) is 25.3 Å². The summed E-state index contributed by atoms with van der Waals surface area (Å²) in [5, 5.41) is 5.13. The molecule has 1 saturated heterocycles. The lowest BCUT2D eigenvalue weighted by Crippen LogP contribution is -2.35. The van der Waals surface area contributed by atoms with Crippen LogP contribution in [-0.4, -0.2) is 34.8 Å². The number of anilines is 1. The van der Waals surface area contributed by atoms with Gasteiger partial charge in [-0.25, -0.2) is 4.98 Å². The van der Waals surface area contributed by atoms with Crippen LogP contribution >= 0.6 is 11.3 Å². The van der Waals surface area contributed by atoms with E-state index in [9.17, 15) is 9.59 Å². The Kier molecular flexibility index (Phi) is 5.22. The van der Waals surface area contributed by atoms with E-state index in [2.05, 4.69) is 15.2 Å². The fourth-order valence-corrected chi connectivity index (χ4v) is 3.67. The van der Waals surface area contributed by atoms with Gasteiger partial charge in [-0.1, -0.05) is 30.3 Å². The van der Waals surface area contributed by atoms with Crippen LogP contribution in [0, 0.1) is 0 Å². The van der Waals surface area contributed by atoms with Gasteiger partial charge in [0.2, 0.25) is 11.8 Å². The number of aromatic nitrogens is 1. The smallest absolute Gasteiger partial charge is 0.248 e. The molecule has 1 aromatic carbocycles. The van der Waals surface area contributed by atoms with Gasteiger partial charge in [-0.3, -0.25) is 14.5 Å². The van der Waals surface area contributed by atoms with Crippen LogP contribution in [0.4, 0.5) is 5.13 Å². The second-order valence-electron chi connectivity index (χ2n) is 5.83. The number of hydrogen-bond acceptors (Lipinski definition) is 5. The van der Waals surface area contributed by atoms with Gasteiger partial charge in [-0.2, -0.15) is 0 Å². The summed E-state index contributed by atoms with van der Waals surface area (Å²) in [6, 6.07) is 9.46. The van der Waals surface area contributed by atoms with Gasteiger partial charge in [-0.15, -0.1) is 11.3 Å². The fraction of sp³-hybridized carbons (Fsp3) is 0.353.